The van der Waals surface area contributed by atoms with E-state index in [2.05, 4.69) is 20.8 Å². The summed E-state index contributed by atoms with van der Waals surface area (Å²) in [4.78, 5) is 23.7. The van der Waals surface area contributed by atoms with Crippen LogP contribution in [0.25, 0.3) is 0 Å². The molecule has 2 N–H and O–H groups in total. The minimum atomic E-state index is -4.58. The van der Waals surface area contributed by atoms with Crippen LogP contribution >= 0.6 is 11.8 Å². The molecule has 1 saturated heterocycles. The van der Waals surface area contributed by atoms with Crippen LogP contribution in [-0.2, 0) is 15.8 Å². The van der Waals surface area contributed by atoms with Crippen LogP contribution in [0.15, 0.2) is 34.5 Å². The normalized spacial score (nSPS) is 19.8. The standard InChI is InChI=1S/C14H13F3N4O2S/c1-2-18-21-13-20-12(23)10(24-13)7-11(22)19-9-6-4-3-5-8(9)14(15,16)17/h2-6,10H,7H2,1H3,(H,19,22)(H,20,21,23)/b18-2-/t10-/m0/s1. The van der Waals surface area contributed by atoms with E-state index in [4.69, 9.17) is 0 Å². The molecule has 1 fully saturated rings. The molecule has 1 aliphatic heterocycles. The van der Waals surface area contributed by atoms with Crippen molar-refractivity contribution in [3.63, 3.8) is 0 Å². The topological polar surface area (TPSA) is 82.9 Å². The maximum absolute atomic E-state index is 12.9. The molecule has 0 aromatic heterocycles. The molecule has 0 saturated carbocycles. The van der Waals surface area contributed by atoms with Gasteiger partial charge in [0.25, 0.3) is 0 Å². The fraction of sp³-hybridized carbons (Fsp3) is 0.286. The zero-order valence-electron chi connectivity index (χ0n) is 12.4. The summed E-state index contributed by atoms with van der Waals surface area (Å²) in [6.07, 6.45) is -3.44. The highest BCUT2D eigenvalue weighted by atomic mass is 32.2. The van der Waals surface area contributed by atoms with Crippen LogP contribution in [0.3, 0.4) is 0 Å². The number of amidine groups is 1. The molecule has 0 aliphatic carbocycles. The molecular formula is C14H13F3N4O2S. The number of halogens is 3. The van der Waals surface area contributed by atoms with Gasteiger partial charge in [0, 0.05) is 12.6 Å². The second-order valence-electron chi connectivity index (χ2n) is 4.67. The van der Waals surface area contributed by atoms with E-state index in [0.717, 1.165) is 23.9 Å². The Labute approximate surface area is 139 Å². The predicted molar refractivity (Wildman–Crippen MR) is 85.8 cm³/mol. The zero-order valence-corrected chi connectivity index (χ0v) is 13.2. The van der Waals surface area contributed by atoms with Crippen molar-refractivity contribution in [1.82, 2.24) is 5.32 Å². The summed E-state index contributed by atoms with van der Waals surface area (Å²) in [6.45, 7) is 1.65. The van der Waals surface area contributed by atoms with Crippen molar-refractivity contribution in [2.24, 2.45) is 10.2 Å². The first-order valence-electron chi connectivity index (χ1n) is 6.80. The molecule has 10 heteroatoms. The maximum atomic E-state index is 12.9. The molecule has 1 aliphatic rings. The maximum Gasteiger partial charge on any atom is 0.418 e. The summed E-state index contributed by atoms with van der Waals surface area (Å²) in [5.41, 5.74) is -1.29. The molecule has 1 aromatic carbocycles. The van der Waals surface area contributed by atoms with Gasteiger partial charge in [-0.25, -0.2) is 0 Å². The highest BCUT2D eigenvalue weighted by Gasteiger charge is 2.35. The largest absolute Gasteiger partial charge is 0.418 e. The van der Waals surface area contributed by atoms with Crippen molar-refractivity contribution in [1.29, 1.82) is 0 Å². The zero-order chi connectivity index (χ0) is 17.7. The number of benzene rings is 1. The number of carbonyl (C=O) groups is 2. The van der Waals surface area contributed by atoms with Gasteiger partial charge < -0.3 is 10.6 Å². The third-order valence-electron chi connectivity index (χ3n) is 2.92. The van der Waals surface area contributed by atoms with Crippen LogP contribution in [0.5, 0.6) is 0 Å². The van der Waals surface area contributed by atoms with Gasteiger partial charge in [-0.2, -0.15) is 18.3 Å². The van der Waals surface area contributed by atoms with Gasteiger partial charge in [0.05, 0.1) is 11.3 Å². The van der Waals surface area contributed by atoms with Gasteiger partial charge >= 0.3 is 6.18 Å². The molecule has 1 heterocycles. The molecule has 0 spiro atoms. The van der Waals surface area contributed by atoms with Crippen molar-refractivity contribution < 1.29 is 22.8 Å². The van der Waals surface area contributed by atoms with Crippen molar-refractivity contribution >= 4 is 40.6 Å². The van der Waals surface area contributed by atoms with E-state index >= 15 is 0 Å². The number of carbonyl (C=O) groups excluding carboxylic acids is 2. The quantitative estimate of drug-likeness (QED) is 0.641. The van der Waals surface area contributed by atoms with Gasteiger partial charge in [0.15, 0.2) is 5.17 Å². The van der Waals surface area contributed by atoms with Crippen molar-refractivity contribution in [2.45, 2.75) is 24.8 Å². The molecule has 6 nitrogen and oxygen atoms in total. The van der Waals surface area contributed by atoms with E-state index in [1.54, 1.807) is 6.92 Å². The van der Waals surface area contributed by atoms with Crippen LogP contribution in [0.2, 0.25) is 0 Å². The van der Waals surface area contributed by atoms with Gasteiger partial charge in [-0.05, 0) is 19.1 Å². The number of hydrogen-bond donors (Lipinski definition) is 2. The lowest BCUT2D eigenvalue weighted by Crippen LogP contribution is -2.28. The number of rotatable bonds is 4. The lowest BCUT2D eigenvalue weighted by molar-refractivity contribution is -0.137. The van der Waals surface area contributed by atoms with E-state index in [1.807, 2.05) is 0 Å². The van der Waals surface area contributed by atoms with E-state index in [9.17, 15) is 22.8 Å². The summed E-state index contributed by atoms with van der Waals surface area (Å²) in [7, 11) is 0. The van der Waals surface area contributed by atoms with Gasteiger partial charge in [-0.15, -0.1) is 5.10 Å². The van der Waals surface area contributed by atoms with Crippen molar-refractivity contribution in [2.75, 3.05) is 5.32 Å². The fourth-order valence-corrected chi connectivity index (χ4v) is 2.83. The molecule has 0 unspecified atom stereocenters. The summed E-state index contributed by atoms with van der Waals surface area (Å²) in [6, 6.07) is 4.65. The van der Waals surface area contributed by atoms with E-state index < -0.39 is 28.8 Å². The molecular weight excluding hydrogens is 345 g/mol. The monoisotopic (exact) mass is 358 g/mol. The molecule has 0 bridgehead atoms. The summed E-state index contributed by atoms with van der Waals surface area (Å²) < 4.78 is 38.7. The van der Waals surface area contributed by atoms with Crippen LogP contribution in [-0.4, -0.2) is 28.4 Å². The van der Waals surface area contributed by atoms with Gasteiger partial charge in [0.1, 0.15) is 5.25 Å². The Hall–Kier alpha value is -2.36. The summed E-state index contributed by atoms with van der Waals surface area (Å²) >= 11 is 1.000. The van der Waals surface area contributed by atoms with Gasteiger partial charge in [0.2, 0.25) is 11.8 Å². The Balaban J connectivity index is 2.04. The average molecular weight is 358 g/mol. The lowest BCUT2D eigenvalue weighted by Gasteiger charge is -2.14. The Bertz CT molecular complexity index is 704. The molecule has 1 aromatic rings. The van der Waals surface area contributed by atoms with Crippen LogP contribution in [0.1, 0.15) is 18.9 Å². The SMILES string of the molecule is C/C=N\N=C1/NC(=O)[C@H](CC(=O)Nc2ccccc2C(F)(F)F)S1. The summed E-state index contributed by atoms with van der Waals surface area (Å²) in [5.74, 6) is -1.14. The van der Waals surface area contributed by atoms with Gasteiger partial charge in [-0.3, -0.25) is 9.59 Å². The van der Waals surface area contributed by atoms with E-state index in [1.165, 1.54) is 18.3 Å². The average Bonchev–Trinajstić information content (AvgIpc) is 2.84. The van der Waals surface area contributed by atoms with Gasteiger partial charge in [-0.1, -0.05) is 23.9 Å². The highest BCUT2D eigenvalue weighted by molar-refractivity contribution is 8.15. The molecule has 1 atom stereocenters. The lowest BCUT2D eigenvalue weighted by atomic mass is 10.1. The number of anilines is 1. The second kappa shape index (κ2) is 7.47. The molecule has 2 amide bonds. The number of nitrogens with one attached hydrogen (secondary N) is 2. The Morgan fingerprint density at radius 3 is 2.79 bits per heavy atom. The van der Waals surface area contributed by atoms with Crippen LogP contribution in [0, 0.1) is 0 Å². The Kier molecular flexibility index (Phi) is 5.60. The Morgan fingerprint density at radius 1 is 1.42 bits per heavy atom. The molecule has 24 heavy (non-hydrogen) atoms. The second-order valence-corrected chi connectivity index (χ2v) is 5.86. The van der Waals surface area contributed by atoms with E-state index in [0.29, 0.717) is 0 Å². The highest BCUT2D eigenvalue weighted by Crippen LogP contribution is 2.34. The predicted octanol–water partition coefficient (Wildman–Crippen LogP) is 2.63. The first kappa shape index (κ1) is 18.0. The third kappa shape index (κ3) is 4.57. The first-order valence-corrected chi connectivity index (χ1v) is 7.68. The number of nitrogens with zero attached hydrogens (tertiary/aromatic N) is 2. The number of alkyl halides is 3. The minimum absolute atomic E-state index is 0.242. The smallest absolute Gasteiger partial charge is 0.325 e. The number of para-hydroxylation sites is 1. The number of amides is 2. The molecule has 0 radical (unpaired) electrons. The first-order chi connectivity index (χ1) is 11.3. The van der Waals surface area contributed by atoms with E-state index in [-0.39, 0.29) is 17.3 Å². The number of hydrogen-bond acceptors (Lipinski definition) is 5. The van der Waals surface area contributed by atoms with Crippen molar-refractivity contribution in [3.8, 4) is 0 Å². The molecule has 2 rings (SSSR count). The summed E-state index contributed by atoms with van der Waals surface area (Å²) in [5, 5.41) is 11.4. The molecule has 128 valence electrons. The third-order valence-corrected chi connectivity index (χ3v) is 3.99. The fourth-order valence-electron chi connectivity index (χ4n) is 1.91. The Morgan fingerprint density at radius 2 is 2.12 bits per heavy atom. The van der Waals surface area contributed by atoms with Crippen molar-refractivity contribution in [3.05, 3.63) is 29.8 Å². The van der Waals surface area contributed by atoms with Crippen LogP contribution < -0.4 is 10.6 Å². The van der Waals surface area contributed by atoms with Crippen LogP contribution in [0.4, 0.5) is 18.9 Å². The number of thioether (sulfide) groups is 1. The minimum Gasteiger partial charge on any atom is -0.325 e.